The molecular weight excluding hydrogens is 302 g/mol. The molecule has 1 unspecified atom stereocenters. The fourth-order valence-corrected chi connectivity index (χ4v) is 2.35. The van der Waals surface area contributed by atoms with Crippen LogP contribution in [0, 0.1) is 0 Å². The van der Waals surface area contributed by atoms with Crippen LogP contribution in [0.25, 0.3) is 0 Å². The molecule has 0 saturated heterocycles. The van der Waals surface area contributed by atoms with Crippen LogP contribution >= 0.6 is 11.6 Å². The van der Waals surface area contributed by atoms with Crippen LogP contribution in [0.5, 0.6) is 0 Å². The summed E-state index contributed by atoms with van der Waals surface area (Å²) in [6.45, 7) is 2.29. The molecule has 3 N–H and O–H groups in total. The van der Waals surface area contributed by atoms with E-state index in [1.807, 2.05) is 19.1 Å². The van der Waals surface area contributed by atoms with Gasteiger partial charge in [-0.25, -0.2) is 0 Å². The number of aromatic nitrogens is 1. The third-order valence-corrected chi connectivity index (χ3v) is 3.61. The number of nitrogens with two attached hydrogens (primary N) is 1. The Hall–Kier alpha value is -2.11. The van der Waals surface area contributed by atoms with Gasteiger partial charge in [0.1, 0.15) is 6.04 Å². The van der Waals surface area contributed by atoms with Crippen LogP contribution < -0.4 is 16.6 Å². The first-order valence-corrected chi connectivity index (χ1v) is 7.40. The van der Waals surface area contributed by atoms with Crippen molar-refractivity contribution in [2.24, 2.45) is 5.73 Å². The normalized spacial score (nSPS) is 12.0. The Kier molecular flexibility index (Phi) is 5.35. The van der Waals surface area contributed by atoms with Crippen molar-refractivity contribution in [1.29, 1.82) is 0 Å². The second kappa shape index (κ2) is 7.24. The first-order valence-electron chi connectivity index (χ1n) is 7.02. The topological polar surface area (TPSA) is 77.1 Å². The Bertz CT molecular complexity index is 710. The summed E-state index contributed by atoms with van der Waals surface area (Å²) in [4.78, 5) is 24.3. The van der Waals surface area contributed by atoms with Gasteiger partial charge in [0.25, 0.3) is 5.56 Å². The van der Waals surface area contributed by atoms with E-state index in [-0.39, 0.29) is 11.5 Å². The van der Waals surface area contributed by atoms with Crippen molar-refractivity contribution in [3.05, 3.63) is 63.5 Å². The fourth-order valence-electron chi connectivity index (χ4n) is 2.18. The lowest BCUT2D eigenvalue weighted by Crippen LogP contribution is -2.32. The summed E-state index contributed by atoms with van der Waals surface area (Å²) in [5, 5.41) is 3.22. The van der Waals surface area contributed by atoms with Crippen LogP contribution in [0.4, 0.5) is 5.69 Å². The molecule has 0 radical (unpaired) electrons. The average Bonchev–Trinajstić information content (AvgIpc) is 2.52. The fraction of sp³-hybridized carbons (Fsp3) is 0.250. The van der Waals surface area contributed by atoms with Crippen LogP contribution in [-0.4, -0.2) is 10.5 Å². The zero-order chi connectivity index (χ0) is 16.1. The largest absolute Gasteiger partial charge is 0.326 e. The summed E-state index contributed by atoms with van der Waals surface area (Å²) in [5.74, 6) is -0.257. The molecule has 2 aromatic rings. The van der Waals surface area contributed by atoms with Crippen molar-refractivity contribution >= 4 is 23.2 Å². The summed E-state index contributed by atoms with van der Waals surface area (Å²) in [7, 11) is 0. The number of nitrogens with zero attached hydrogens (tertiary/aromatic N) is 1. The molecule has 116 valence electrons. The number of benzene rings is 1. The number of rotatable bonds is 5. The van der Waals surface area contributed by atoms with E-state index in [0.717, 1.165) is 5.56 Å². The molecule has 1 aromatic carbocycles. The van der Waals surface area contributed by atoms with Crippen molar-refractivity contribution in [3.8, 4) is 0 Å². The maximum absolute atomic E-state index is 12.4. The van der Waals surface area contributed by atoms with Gasteiger partial charge in [-0.1, -0.05) is 30.7 Å². The zero-order valence-corrected chi connectivity index (χ0v) is 13.0. The highest BCUT2D eigenvalue weighted by molar-refractivity contribution is 6.30. The van der Waals surface area contributed by atoms with Crippen LogP contribution in [0.3, 0.4) is 0 Å². The Morgan fingerprint density at radius 3 is 2.55 bits per heavy atom. The van der Waals surface area contributed by atoms with Gasteiger partial charge in [0.15, 0.2) is 0 Å². The van der Waals surface area contributed by atoms with Gasteiger partial charge < -0.3 is 15.6 Å². The molecule has 0 aliphatic heterocycles. The maximum atomic E-state index is 12.4. The van der Waals surface area contributed by atoms with E-state index in [2.05, 4.69) is 5.32 Å². The highest BCUT2D eigenvalue weighted by Crippen LogP contribution is 2.16. The Morgan fingerprint density at radius 2 is 1.95 bits per heavy atom. The van der Waals surface area contributed by atoms with Crippen molar-refractivity contribution in [2.75, 3.05) is 5.32 Å². The van der Waals surface area contributed by atoms with Gasteiger partial charge in [-0.3, -0.25) is 9.59 Å². The minimum Gasteiger partial charge on any atom is -0.326 e. The average molecular weight is 320 g/mol. The van der Waals surface area contributed by atoms with Crippen LogP contribution in [-0.2, 0) is 11.3 Å². The molecule has 0 saturated carbocycles. The summed E-state index contributed by atoms with van der Waals surface area (Å²) in [6.07, 6.45) is 1.96. The van der Waals surface area contributed by atoms with Crippen LogP contribution in [0.1, 0.15) is 24.9 Å². The molecule has 2 rings (SSSR count). The van der Waals surface area contributed by atoms with Crippen LogP contribution in [0.15, 0.2) is 47.4 Å². The standard InChI is InChI=1S/C16H18ClN3O2/c1-2-14(20-10-12(17)5-8-15(20)21)16(22)19-13-6-3-11(9-18)4-7-13/h3-8,10,14H,2,9,18H2,1H3,(H,19,22). The third-order valence-electron chi connectivity index (χ3n) is 3.38. The molecule has 1 atom stereocenters. The van der Waals surface area contributed by atoms with E-state index in [9.17, 15) is 9.59 Å². The Balaban J connectivity index is 2.21. The molecule has 0 spiro atoms. The van der Waals surface area contributed by atoms with Crippen molar-refractivity contribution in [1.82, 2.24) is 4.57 Å². The van der Waals surface area contributed by atoms with E-state index >= 15 is 0 Å². The summed E-state index contributed by atoms with van der Waals surface area (Å²) < 4.78 is 1.35. The lowest BCUT2D eigenvalue weighted by Gasteiger charge is -2.18. The molecule has 1 aromatic heterocycles. The quantitative estimate of drug-likeness (QED) is 0.889. The molecule has 22 heavy (non-hydrogen) atoms. The van der Waals surface area contributed by atoms with E-state index < -0.39 is 6.04 Å². The number of nitrogens with one attached hydrogen (secondary N) is 1. The maximum Gasteiger partial charge on any atom is 0.251 e. The summed E-state index contributed by atoms with van der Waals surface area (Å²) in [5.41, 5.74) is 6.93. The summed E-state index contributed by atoms with van der Waals surface area (Å²) in [6, 6.07) is 9.52. The molecule has 6 heteroatoms. The number of hydrogen-bond donors (Lipinski definition) is 2. The van der Waals surface area contributed by atoms with Gasteiger partial charge in [0, 0.05) is 24.5 Å². The minimum absolute atomic E-state index is 0.257. The molecule has 0 fully saturated rings. The van der Waals surface area contributed by atoms with Crippen LogP contribution in [0.2, 0.25) is 5.02 Å². The predicted octanol–water partition coefficient (Wildman–Crippen LogP) is 2.55. The zero-order valence-electron chi connectivity index (χ0n) is 12.3. The van der Waals surface area contributed by atoms with Gasteiger partial charge in [0.2, 0.25) is 5.91 Å². The number of carbonyl (C=O) groups excluding carboxylic acids is 1. The van der Waals surface area contributed by atoms with Crippen molar-refractivity contribution < 1.29 is 4.79 Å². The molecule has 0 bridgehead atoms. The molecule has 5 nitrogen and oxygen atoms in total. The second-order valence-corrected chi connectivity index (χ2v) is 5.34. The monoisotopic (exact) mass is 319 g/mol. The number of amides is 1. The molecule has 1 heterocycles. The number of halogens is 1. The third kappa shape index (κ3) is 3.75. The summed E-state index contributed by atoms with van der Waals surface area (Å²) >= 11 is 5.91. The first kappa shape index (κ1) is 16.3. The van der Waals surface area contributed by atoms with E-state index in [4.69, 9.17) is 17.3 Å². The second-order valence-electron chi connectivity index (χ2n) is 4.91. The lowest BCUT2D eigenvalue weighted by atomic mass is 10.1. The Morgan fingerprint density at radius 1 is 1.27 bits per heavy atom. The molecule has 1 amide bonds. The first-order chi connectivity index (χ1) is 10.5. The highest BCUT2D eigenvalue weighted by atomic mass is 35.5. The van der Waals surface area contributed by atoms with Gasteiger partial charge in [-0.05, 0) is 30.2 Å². The SMILES string of the molecule is CCC(C(=O)Nc1ccc(CN)cc1)n1cc(Cl)ccc1=O. The van der Waals surface area contributed by atoms with Gasteiger partial charge >= 0.3 is 0 Å². The molecular formula is C16H18ClN3O2. The Labute approximate surface area is 133 Å². The van der Waals surface area contributed by atoms with Gasteiger partial charge in [0.05, 0.1) is 5.02 Å². The number of carbonyl (C=O) groups is 1. The minimum atomic E-state index is -0.611. The smallest absolute Gasteiger partial charge is 0.251 e. The highest BCUT2D eigenvalue weighted by Gasteiger charge is 2.19. The molecule has 0 aliphatic rings. The van der Waals surface area contributed by atoms with E-state index in [0.29, 0.717) is 23.7 Å². The van der Waals surface area contributed by atoms with Gasteiger partial charge in [-0.2, -0.15) is 0 Å². The van der Waals surface area contributed by atoms with E-state index in [1.54, 1.807) is 12.1 Å². The number of anilines is 1. The number of pyridine rings is 1. The van der Waals surface area contributed by atoms with Crippen molar-refractivity contribution in [2.45, 2.75) is 25.9 Å². The number of hydrogen-bond acceptors (Lipinski definition) is 3. The molecule has 0 aliphatic carbocycles. The lowest BCUT2D eigenvalue weighted by molar-refractivity contribution is -0.119. The van der Waals surface area contributed by atoms with Crippen molar-refractivity contribution in [3.63, 3.8) is 0 Å². The van der Waals surface area contributed by atoms with Gasteiger partial charge in [-0.15, -0.1) is 0 Å². The predicted molar refractivity (Wildman–Crippen MR) is 88.0 cm³/mol. The van der Waals surface area contributed by atoms with E-state index in [1.165, 1.54) is 22.9 Å².